The van der Waals surface area contributed by atoms with Crippen LogP contribution < -0.4 is 14.9 Å². The summed E-state index contributed by atoms with van der Waals surface area (Å²) in [5.41, 5.74) is 1.30. The van der Waals surface area contributed by atoms with E-state index in [2.05, 4.69) is 0 Å². The van der Waals surface area contributed by atoms with Crippen LogP contribution in [0.2, 0.25) is 0 Å². The molecule has 2 N–H and O–H groups in total. The topological polar surface area (TPSA) is 68.2 Å². The first-order chi connectivity index (χ1) is 10.2. The van der Waals surface area contributed by atoms with E-state index in [0.29, 0.717) is 18.1 Å². The highest BCUT2D eigenvalue weighted by Crippen LogP contribution is 2.17. The number of ether oxygens (including phenoxy) is 3. The number of rotatable bonds is 7. The lowest BCUT2D eigenvalue weighted by Crippen LogP contribution is -2.31. The Morgan fingerprint density at radius 3 is 2.48 bits per heavy atom. The fraction of sp³-hybridized carbons (Fsp3) is 0.200. The number of benzene rings is 2. The summed E-state index contributed by atoms with van der Waals surface area (Å²) in [6.45, 7) is 0.420. The van der Waals surface area contributed by atoms with Crippen molar-refractivity contribution < 1.29 is 24.3 Å². The number of methoxy groups -OCH3 is 1. The number of hydrogen-bond donors (Lipinski definition) is 2. The Balaban J connectivity index is 1.92. The lowest BCUT2D eigenvalue weighted by molar-refractivity contribution is 0.00542. The summed E-state index contributed by atoms with van der Waals surface area (Å²) in [5, 5.41) is 18.6. The molecule has 0 radical (unpaired) electrons. The van der Waals surface area contributed by atoms with Crippen LogP contribution in [-0.4, -0.2) is 31.1 Å². The molecule has 0 spiro atoms. The first-order valence-electron chi connectivity index (χ1n) is 6.49. The van der Waals surface area contributed by atoms with Gasteiger partial charge in [0.1, 0.15) is 11.5 Å². The highest BCUT2D eigenvalue weighted by Gasteiger charge is 2.17. The molecule has 0 aromatic heterocycles. The van der Waals surface area contributed by atoms with Crippen molar-refractivity contribution in [1.82, 2.24) is 0 Å². The molecule has 0 unspecified atom stereocenters. The second kappa shape index (κ2) is 7.68. The van der Waals surface area contributed by atoms with E-state index >= 15 is 0 Å². The largest absolute Gasteiger partial charge is 0.497 e. The van der Waals surface area contributed by atoms with Crippen LogP contribution in [0, 0.1) is 0 Å². The van der Waals surface area contributed by atoms with Gasteiger partial charge in [-0.25, -0.2) is 0 Å². The molecule has 0 amide bonds. The first-order valence-corrected chi connectivity index (χ1v) is 6.49. The van der Waals surface area contributed by atoms with Gasteiger partial charge < -0.3 is 24.3 Å². The zero-order chi connectivity index (χ0) is 15.1. The standard InChI is InChI=1S/C15H17BO5/c1-19-13-7-8-14(16(17)18)15(9-13)21-11-20-10-12-5-3-2-4-6-12/h2-9,17-18H,10-11H2,1H3. The van der Waals surface area contributed by atoms with Gasteiger partial charge in [-0.1, -0.05) is 36.4 Å². The van der Waals surface area contributed by atoms with Crippen LogP contribution in [0.1, 0.15) is 5.56 Å². The molecule has 0 saturated heterocycles. The Morgan fingerprint density at radius 2 is 1.81 bits per heavy atom. The van der Waals surface area contributed by atoms with E-state index in [1.165, 1.54) is 13.2 Å². The summed E-state index contributed by atoms with van der Waals surface area (Å²) in [5.74, 6) is 0.884. The summed E-state index contributed by atoms with van der Waals surface area (Å²) in [6.07, 6.45) is 0. The van der Waals surface area contributed by atoms with E-state index in [0.717, 1.165) is 5.56 Å². The van der Waals surface area contributed by atoms with Crippen LogP contribution in [-0.2, 0) is 11.3 Å². The van der Waals surface area contributed by atoms with Gasteiger partial charge in [-0.3, -0.25) is 0 Å². The molecule has 0 atom stereocenters. The molecular formula is C15H17BO5. The van der Waals surface area contributed by atoms with Crippen molar-refractivity contribution in [2.75, 3.05) is 13.9 Å². The predicted molar refractivity (Wildman–Crippen MR) is 79.5 cm³/mol. The lowest BCUT2D eigenvalue weighted by Gasteiger charge is -2.12. The molecule has 0 aliphatic heterocycles. The molecule has 0 bridgehead atoms. The lowest BCUT2D eigenvalue weighted by atomic mass is 9.79. The van der Waals surface area contributed by atoms with E-state index in [1.807, 2.05) is 30.3 Å². The smallest absolute Gasteiger partial charge is 0.492 e. The highest BCUT2D eigenvalue weighted by molar-refractivity contribution is 6.59. The van der Waals surface area contributed by atoms with Gasteiger partial charge in [0.05, 0.1) is 13.7 Å². The van der Waals surface area contributed by atoms with E-state index in [-0.39, 0.29) is 12.3 Å². The Morgan fingerprint density at radius 1 is 1.05 bits per heavy atom. The summed E-state index contributed by atoms with van der Waals surface area (Å²) in [7, 11) is -0.0832. The van der Waals surface area contributed by atoms with Crippen molar-refractivity contribution in [2.45, 2.75) is 6.61 Å². The maximum absolute atomic E-state index is 9.30. The van der Waals surface area contributed by atoms with Gasteiger partial charge in [-0.05, 0) is 11.6 Å². The molecule has 5 nitrogen and oxygen atoms in total. The first kappa shape index (κ1) is 15.4. The molecule has 0 aliphatic rings. The predicted octanol–water partition coefficient (Wildman–Crippen LogP) is 0.928. The van der Waals surface area contributed by atoms with Gasteiger partial charge in [-0.2, -0.15) is 0 Å². The van der Waals surface area contributed by atoms with Gasteiger partial charge in [0.2, 0.25) is 0 Å². The molecular weight excluding hydrogens is 271 g/mol. The zero-order valence-electron chi connectivity index (χ0n) is 11.7. The second-order valence-electron chi connectivity index (χ2n) is 4.37. The Bertz CT molecular complexity index is 559. The average Bonchev–Trinajstić information content (AvgIpc) is 2.52. The van der Waals surface area contributed by atoms with Crippen molar-refractivity contribution in [2.24, 2.45) is 0 Å². The Kier molecular flexibility index (Phi) is 5.63. The van der Waals surface area contributed by atoms with Crippen molar-refractivity contribution in [3.63, 3.8) is 0 Å². The third kappa shape index (κ3) is 4.49. The second-order valence-corrected chi connectivity index (χ2v) is 4.37. The van der Waals surface area contributed by atoms with Crippen molar-refractivity contribution in [3.05, 3.63) is 54.1 Å². The fourth-order valence-corrected chi connectivity index (χ4v) is 1.82. The maximum atomic E-state index is 9.30. The third-order valence-electron chi connectivity index (χ3n) is 2.91. The maximum Gasteiger partial charge on any atom is 0.492 e. The van der Waals surface area contributed by atoms with Gasteiger partial charge >= 0.3 is 7.12 Å². The summed E-state index contributed by atoms with van der Waals surface area (Å²) in [6, 6.07) is 14.5. The van der Waals surface area contributed by atoms with Crippen molar-refractivity contribution >= 4 is 12.6 Å². The van der Waals surface area contributed by atoms with Crippen molar-refractivity contribution in [3.8, 4) is 11.5 Å². The van der Waals surface area contributed by atoms with E-state index in [9.17, 15) is 10.0 Å². The monoisotopic (exact) mass is 288 g/mol. The van der Waals surface area contributed by atoms with Crippen LogP contribution in [0.3, 0.4) is 0 Å². The van der Waals surface area contributed by atoms with Crippen LogP contribution in [0.5, 0.6) is 11.5 Å². The quantitative estimate of drug-likeness (QED) is 0.450. The normalized spacial score (nSPS) is 10.2. The number of hydrogen-bond acceptors (Lipinski definition) is 5. The molecule has 21 heavy (non-hydrogen) atoms. The Labute approximate surface area is 123 Å². The molecule has 110 valence electrons. The molecule has 2 aromatic carbocycles. The molecule has 0 aliphatic carbocycles. The molecule has 2 rings (SSSR count). The van der Waals surface area contributed by atoms with Crippen LogP contribution in [0.15, 0.2) is 48.5 Å². The van der Waals surface area contributed by atoms with Gasteiger partial charge in [0, 0.05) is 11.5 Å². The van der Waals surface area contributed by atoms with Crippen LogP contribution >= 0.6 is 0 Å². The summed E-state index contributed by atoms with van der Waals surface area (Å²) >= 11 is 0. The minimum atomic E-state index is -1.61. The SMILES string of the molecule is COc1ccc(B(O)O)c(OCOCc2ccccc2)c1. The zero-order valence-corrected chi connectivity index (χ0v) is 11.7. The molecule has 0 fully saturated rings. The fourth-order valence-electron chi connectivity index (χ4n) is 1.82. The van der Waals surface area contributed by atoms with E-state index in [1.54, 1.807) is 12.1 Å². The minimum absolute atomic E-state index is 0.00177. The molecule has 6 heteroatoms. The summed E-state index contributed by atoms with van der Waals surface area (Å²) < 4.78 is 15.9. The van der Waals surface area contributed by atoms with Gasteiger partial charge in [0.15, 0.2) is 6.79 Å². The van der Waals surface area contributed by atoms with Gasteiger partial charge in [-0.15, -0.1) is 0 Å². The average molecular weight is 288 g/mol. The molecule has 0 saturated carbocycles. The molecule has 0 heterocycles. The van der Waals surface area contributed by atoms with Gasteiger partial charge in [0.25, 0.3) is 0 Å². The minimum Gasteiger partial charge on any atom is -0.497 e. The van der Waals surface area contributed by atoms with Crippen LogP contribution in [0.25, 0.3) is 0 Å². The summed E-state index contributed by atoms with van der Waals surface area (Å²) in [4.78, 5) is 0. The highest BCUT2D eigenvalue weighted by atomic mass is 16.7. The molecule has 2 aromatic rings. The third-order valence-corrected chi connectivity index (χ3v) is 2.91. The van der Waals surface area contributed by atoms with E-state index < -0.39 is 7.12 Å². The van der Waals surface area contributed by atoms with E-state index in [4.69, 9.17) is 14.2 Å². The van der Waals surface area contributed by atoms with Crippen LogP contribution in [0.4, 0.5) is 0 Å². The Hall–Kier alpha value is -2.02. The van der Waals surface area contributed by atoms with Crippen molar-refractivity contribution in [1.29, 1.82) is 0 Å².